The number of nitro groups is 1. The van der Waals surface area contributed by atoms with Crippen molar-refractivity contribution in [3.63, 3.8) is 0 Å². The SMILES string of the molecule is Cc1cc([N+](=O)[O-])ccc1OC(=O)C(c1ccccc1)c1ccccc1. The van der Waals surface area contributed by atoms with E-state index in [4.69, 9.17) is 4.74 Å². The molecule has 26 heavy (non-hydrogen) atoms. The van der Waals surface area contributed by atoms with E-state index in [0.717, 1.165) is 11.1 Å². The fraction of sp³-hybridized carbons (Fsp3) is 0.0952. The Bertz CT molecular complexity index is 884. The molecule has 0 amide bonds. The van der Waals surface area contributed by atoms with Crippen LogP contribution in [0.2, 0.25) is 0 Å². The molecule has 3 aromatic carbocycles. The molecule has 3 aromatic rings. The number of non-ortho nitro benzene ring substituents is 1. The number of carbonyl (C=O) groups excluding carboxylic acids is 1. The summed E-state index contributed by atoms with van der Waals surface area (Å²) in [5.41, 5.74) is 2.14. The lowest BCUT2D eigenvalue weighted by Crippen LogP contribution is -2.20. The number of nitro benzene ring substituents is 1. The number of esters is 1. The van der Waals surface area contributed by atoms with E-state index >= 15 is 0 Å². The van der Waals surface area contributed by atoms with E-state index < -0.39 is 16.8 Å². The highest BCUT2D eigenvalue weighted by Crippen LogP contribution is 2.29. The monoisotopic (exact) mass is 347 g/mol. The Labute approximate surface area is 151 Å². The van der Waals surface area contributed by atoms with Crippen molar-refractivity contribution in [2.24, 2.45) is 0 Å². The number of hydrogen-bond donors (Lipinski definition) is 0. The summed E-state index contributed by atoms with van der Waals surface area (Å²) in [5.74, 6) is -0.691. The number of carbonyl (C=O) groups is 1. The number of rotatable bonds is 5. The molecular weight excluding hydrogens is 330 g/mol. The maximum Gasteiger partial charge on any atom is 0.323 e. The van der Waals surface area contributed by atoms with Crippen molar-refractivity contribution in [3.05, 3.63) is 106 Å². The average molecular weight is 347 g/mol. The van der Waals surface area contributed by atoms with Crippen LogP contribution in [0.25, 0.3) is 0 Å². The second-order valence-electron chi connectivity index (χ2n) is 5.88. The van der Waals surface area contributed by atoms with Gasteiger partial charge in [0.15, 0.2) is 0 Å². The normalized spacial score (nSPS) is 10.5. The van der Waals surface area contributed by atoms with Crippen molar-refractivity contribution >= 4 is 11.7 Å². The molecule has 5 nitrogen and oxygen atoms in total. The Hall–Kier alpha value is -3.47. The van der Waals surface area contributed by atoms with E-state index in [2.05, 4.69) is 0 Å². The van der Waals surface area contributed by atoms with Crippen molar-refractivity contribution in [2.45, 2.75) is 12.8 Å². The lowest BCUT2D eigenvalue weighted by Gasteiger charge is -2.17. The van der Waals surface area contributed by atoms with Crippen LogP contribution in [0.15, 0.2) is 78.9 Å². The number of nitrogens with zero attached hydrogens (tertiary/aromatic N) is 1. The molecule has 0 bridgehead atoms. The Morgan fingerprint density at radius 2 is 1.46 bits per heavy atom. The molecule has 130 valence electrons. The van der Waals surface area contributed by atoms with Gasteiger partial charge in [0, 0.05) is 12.1 Å². The predicted molar refractivity (Wildman–Crippen MR) is 98.2 cm³/mol. The lowest BCUT2D eigenvalue weighted by atomic mass is 9.91. The summed E-state index contributed by atoms with van der Waals surface area (Å²) in [6.45, 7) is 1.68. The van der Waals surface area contributed by atoms with Gasteiger partial charge in [0.2, 0.25) is 0 Å². The largest absolute Gasteiger partial charge is 0.426 e. The van der Waals surface area contributed by atoms with E-state index in [1.165, 1.54) is 18.2 Å². The topological polar surface area (TPSA) is 69.4 Å². The lowest BCUT2D eigenvalue weighted by molar-refractivity contribution is -0.384. The van der Waals surface area contributed by atoms with E-state index in [1.807, 2.05) is 60.7 Å². The van der Waals surface area contributed by atoms with Crippen molar-refractivity contribution in [1.82, 2.24) is 0 Å². The van der Waals surface area contributed by atoms with Crippen LogP contribution < -0.4 is 4.74 Å². The minimum absolute atomic E-state index is 0.0371. The van der Waals surface area contributed by atoms with Gasteiger partial charge < -0.3 is 4.74 Å². The zero-order chi connectivity index (χ0) is 18.5. The minimum atomic E-state index is -0.577. The summed E-state index contributed by atoms with van der Waals surface area (Å²) in [6.07, 6.45) is 0. The van der Waals surface area contributed by atoms with Gasteiger partial charge in [-0.1, -0.05) is 60.7 Å². The zero-order valence-electron chi connectivity index (χ0n) is 14.2. The molecule has 0 N–H and O–H groups in total. The molecule has 3 rings (SSSR count). The standard InChI is InChI=1S/C21H17NO4/c1-15-14-18(22(24)25)12-13-19(15)26-21(23)20(16-8-4-2-5-9-16)17-10-6-3-7-11-17/h2-14,20H,1H3. The molecule has 0 aliphatic heterocycles. The first-order valence-electron chi connectivity index (χ1n) is 8.13. The summed E-state index contributed by atoms with van der Waals surface area (Å²) >= 11 is 0. The van der Waals surface area contributed by atoms with E-state index in [0.29, 0.717) is 11.3 Å². The first kappa shape index (κ1) is 17.4. The fourth-order valence-corrected chi connectivity index (χ4v) is 2.78. The van der Waals surface area contributed by atoms with Gasteiger partial charge in [0.1, 0.15) is 11.7 Å². The highest BCUT2D eigenvalue weighted by Gasteiger charge is 2.25. The van der Waals surface area contributed by atoms with Gasteiger partial charge in [0.25, 0.3) is 5.69 Å². The Kier molecular flexibility index (Phi) is 5.08. The second-order valence-corrected chi connectivity index (χ2v) is 5.88. The summed E-state index contributed by atoms with van der Waals surface area (Å²) in [5, 5.41) is 10.9. The molecule has 0 atom stereocenters. The van der Waals surface area contributed by atoms with Gasteiger partial charge in [-0.15, -0.1) is 0 Å². The summed E-state index contributed by atoms with van der Waals surface area (Å²) in [6, 6.07) is 22.9. The third-order valence-electron chi connectivity index (χ3n) is 4.08. The molecule has 0 fully saturated rings. The molecule has 0 spiro atoms. The molecule has 0 aliphatic rings. The van der Waals surface area contributed by atoms with Gasteiger partial charge in [-0.2, -0.15) is 0 Å². The quantitative estimate of drug-likeness (QED) is 0.292. The molecule has 0 heterocycles. The maximum absolute atomic E-state index is 12.9. The molecule has 0 aromatic heterocycles. The predicted octanol–water partition coefficient (Wildman–Crippen LogP) is 4.64. The van der Waals surface area contributed by atoms with Crippen LogP contribution in [0.1, 0.15) is 22.6 Å². The van der Waals surface area contributed by atoms with Crippen LogP contribution in [0.4, 0.5) is 5.69 Å². The van der Waals surface area contributed by atoms with Crippen LogP contribution in [0.3, 0.4) is 0 Å². The van der Waals surface area contributed by atoms with Crippen molar-refractivity contribution < 1.29 is 14.5 Å². The molecule has 5 heteroatoms. The second kappa shape index (κ2) is 7.61. The van der Waals surface area contributed by atoms with Crippen LogP contribution in [-0.2, 0) is 4.79 Å². The number of benzene rings is 3. The van der Waals surface area contributed by atoms with Crippen LogP contribution >= 0.6 is 0 Å². The third kappa shape index (κ3) is 3.78. The zero-order valence-corrected chi connectivity index (χ0v) is 14.2. The highest BCUT2D eigenvalue weighted by atomic mass is 16.6. The van der Waals surface area contributed by atoms with E-state index in [9.17, 15) is 14.9 Å². The van der Waals surface area contributed by atoms with Crippen LogP contribution in [0, 0.1) is 17.0 Å². The fourth-order valence-electron chi connectivity index (χ4n) is 2.78. The number of ether oxygens (including phenoxy) is 1. The molecule has 0 saturated carbocycles. The van der Waals surface area contributed by atoms with E-state index in [1.54, 1.807) is 6.92 Å². The first-order valence-corrected chi connectivity index (χ1v) is 8.13. The Morgan fingerprint density at radius 3 is 1.92 bits per heavy atom. The van der Waals surface area contributed by atoms with Crippen molar-refractivity contribution in [2.75, 3.05) is 0 Å². The van der Waals surface area contributed by atoms with Gasteiger partial charge in [-0.05, 0) is 29.7 Å². The first-order chi connectivity index (χ1) is 12.6. The molecule has 0 saturated heterocycles. The average Bonchev–Trinajstić information content (AvgIpc) is 2.65. The van der Waals surface area contributed by atoms with Crippen LogP contribution in [0.5, 0.6) is 5.75 Å². The smallest absolute Gasteiger partial charge is 0.323 e. The summed E-state index contributed by atoms with van der Waals surface area (Å²) in [4.78, 5) is 23.3. The van der Waals surface area contributed by atoms with Gasteiger partial charge in [-0.3, -0.25) is 14.9 Å². The minimum Gasteiger partial charge on any atom is -0.426 e. The van der Waals surface area contributed by atoms with E-state index in [-0.39, 0.29) is 5.69 Å². The molecular formula is C21H17NO4. The van der Waals surface area contributed by atoms with Gasteiger partial charge in [-0.25, -0.2) is 0 Å². The third-order valence-corrected chi connectivity index (χ3v) is 4.08. The van der Waals surface area contributed by atoms with Crippen LogP contribution in [-0.4, -0.2) is 10.9 Å². The number of aryl methyl sites for hydroxylation is 1. The van der Waals surface area contributed by atoms with Crippen molar-refractivity contribution in [3.8, 4) is 5.75 Å². The van der Waals surface area contributed by atoms with Crippen molar-refractivity contribution in [1.29, 1.82) is 0 Å². The highest BCUT2D eigenvalue weighted by molar-refractivity contribution is 5.84. The van der Waals surface area contributed by atoms with Gasteiger partial charge >= 0.3 is 5.97 Å². The Balaban J connectivity index is 1.93. The van der Waals surface area contributed by atoms with Gasteiger partial charge in [0.05, 0.1) is 4.92 Å². The number of hydrogen-bond acceptors (Lipinski definition) is 4. The molecule has 0 radical (unpaired) electrons. The maximum atomic E-state index is 12.9. The Morgan fingerprint density at radius 1 is 0.923 bits per heavy atom. The molecule has 0 aliphatic carbocycles. The summed E-state index contributed by atoms with van der Waals surface area (Å²) < 4.78 is 5.59. The summed E-state index contributed by atoms with van der Waals surface area (Å²) in [7, 11) is 0. The molecule has 0 unspecified atom stereocenters.